The first-order valence-electron chi connectivity index (χ1n) is 8.16. The van der Waals surface area contributed by atoms with E-state index in [1.807, 2.05) is 0 Å². The molecular weight excluding hydrogens is 327 g/mol. The predicted octanol–water partition coefficient (Wildman–Crippen LogP) is 3.66. The topological polar surface area (TPSA) is 32.3 Å². The largest absolute Gasteiger partial charge is 0.352 e. The first-order chi connectivity index (χ1) is 11.6. The molecule has 0 fully saturated rings. The lowest BCUT2D eigenvalue weighted by Crippen LogP contribution is -2.33. The summed E-state index contributed by atoms with van der Waals surface area (Å²) in [5.41, 5.74) is 2.81. The molecule has 1 heterocycles. The van der Waals surface area contributed by atoms with Crippen LogP contribution in [0.15, 0.2) is 42.5 Å². The van der Waals surface area contributed by atoms with Gasteiger partial charge in [0.15, 0.2) is 0 Å². The van der Waals surface area contributed by atoms with Crippen LogP contribution in [0.25, 0.3) is 0 Å². The number of hydrogen-bond acceptors (Lipinski definition) is 2. The van der Waals surface area contributed by atoms with E-state index in [-0.39, 0.29) is 5.56 Å². The van der Waals surface area contributed by atoms with Gasteiger partial charge in [0, 0.05) is 31.2 Å². The van der Waals surface area contributed by atoms with Gasteiger partial charge in [-0.1, -0.05) is 35.9 Å². The first-order valence-corrected chi connectivity index (χ1v) is 8.53. The van der Waals surface area contributed by atoms with E-state index in [0.29, 0.717) is 11.6 Å². The number of hydrogen-bond donors (Lipinski definition) is 1. The van der Waals surface area contributed by atoms with Crippen molar-refractivity contribution in [2.24, 2.45) is 0 Å². The number of benzene rings is 2. The Hall–Kier alpha value is -1.91. The summed E-state index contributed by atoms with van der Waals surface area (Å²) in [6.45, 7) is 3.41. The normalized spacial score (nSPS) is 14.2. The molecule has 0 radical (unpaired) electrons. The quantitative estimate of drug-likeness (QED) is 0.838. The number of nitrogens with one attached hydrogen (secondary N) is 1. The van der Waals surface area contributed by atoms with Crippen molar-refractivity contribution in [3.05, 3.63) is 70.0 Å². The lowest BCUT2D eigenvalue weighted by Gasteiger charge is -2.28. The highest BCUT2D eigenvalue weighted by atomic mass is 35.5. The molecule has 3 rings (SSSR count). The van der Waals surface area contributed by atoms with Crippen molar-refractivity contribution in [1.29, 1.82) is 0 Å². The van der Waals surface area contributed by atoms with Crippen LogP contribution in [0.3, 0.4) is 0 Å². The van der Waals surface area contributed by atoms with Gasteiger partial charge >= 0.3 is 0 Å². The van der Waals surface area contributed by atoms with Gasteiger partial charge in [0.1, 0.15) is 5.82 Å². The molecule has 0 saturated heterocycles. The third-order valence-corrected chi connectivity index (χ3v) is 4.55. The zero-order valence-corrected chi connectivity index (χ0v) is 14.2. The second kappa shape index (κ2) is 7.77. The average molecular weight is 347 g/mol. The van der Waals surface area contributed by atoms with Crippen molar-refractivity contribution in [3.8, 4) is 0 Å². The fourth-order valence-electron chi connectivity index (χ4n) is 3.02. The van der Waals surface area contributed by atoms with E-state index in [1.54, 1.807) is 0 Å². The van der Waals surface area contributed by atoms with Crippen molar-refractivity contribution >= 4 is 17.5 Å². The highest BCUT2D eigenvalue weighted by molar-refractivity contribution is 6.31. The smallest absolute Gasteiger partial charge is 0.254 e. The average Bonchev–Trinajstić information content (AvgIpc) is 2.60. The molecule has 0 aliphatic carbocycles. The molecular formula is C19H20ClFN2O. The third kappa shape index (κ3) is 4.13. The summed E-state index contributed by atoms with van der Waals surface area (Å²) in [6, 6.07) is 12.5. The van der Waals surface area contributed by atoms with E-state index in [4.69, 9.17) is 11.6 Å². The summed E-state index contributed by atoms with van der Waals surface area (Å²) in [5, 5.41) is 3.12. The molecule has 0 spiro atoms. The van der Waals surface area contributed by atoms with Crippen LogP contribution in [0.1, 0.15) is 27.9 Å². The Kier molecular flexibility index (Phi) is 5.48. The van der Waals surface area contributed by atoms with Crippen LogP contribution in [0.4, 0.5) is 4.39 Å². The zero-order chi connectivity index (χ0) is 16.9. The highest BCUT2D eigenvalue weighted by Gasteiger charge is 2.15. The summed E-state index contributed by atoms with van der Waals surface area (Å²) in [7, 11) is 0. The van der Waals surface area contributed by atoms with Crippen LogP contribution >= 0.6 is 11.6 Å². The zero-order valence-electron chi connectivity index (χ0n) is 13.4. The van der Waals surface area contributed by atoms with Crippen LogP contribution in [0, 0.1) is 5.82 Å². The molecule has 0 saturated carbocycles. The van der Waals surface area contributed by atoms with Crippen molar-refractivity contribution in [2.45, 2.75) is 19.4 Å². The van der Waals surface area contributed by atoms with E-state index < -0.39 is 11.7 Å². The Labute approximate surface area is 146 Å². The second-order valence-corrected chi connectivity index (χ2v) is 6.46. The summed E-state index contributed by atoms with van der Waals surface area (Å²) >= 11 is 5.81. The van der Waals surface area contributed by atoms with Crippen molar-refractivity contribution in [2.75, 3.05) is 19.6 Å². The number of fused-ring (bicyclic) bond motifs is 1. The first kappa shape index (κ1) is 16.9. The summed E-state index contributed by atoms with van der Waals surface area (Å²) in [6.07, 6.45) is 1.90. The van der Waals surface area contributed by atoms with Crippen LogP contribution in [0.2, 0.25) is 5.02 Å². The number of nitrogens with zero attached hydrogens (tertiary/aromatic N) is 1. The SMILES string of the molecule is O=C(NCCCN1CCc2ccccc2C1)c1cc(Cl)ccc1F. The van der Waals surface area contributed by atoms with Gasteiger partial charge in [0.05, 0.1) is 5.56 Å². The molecule has 1 aliphatic heterocycles. The minimum Gasteiger partial charge on any atom is -0.352 e. The molecule has 5 heteroatoms. The number of carbonyl (C=O) groups is 1. The highest BCUT2D eigenvalue weighted by Crippen LogP contribution is 2.18. The molecule has 0 unspecified atom stereocenters. The van der Waals surface area contributed by atoms with Crippen molar-refractivity contribution in [1.82, 2.24) is 10.2 Å². The van der Waals surface area contributed by atoms with Crippen LogP contribution in [-0.4, -0.2) is 30.4 Å². The number of carbonyl (C=O) groups excluding carboxylic acids is 1. The molecule has 2 aromatic carbocycles. The Morgan fingerprint density at radius 1 is 1.21 bits per heavy atom. The summed E-state index contributed by atoms with van der Waals surface area (Å²) < 4.78 is 13.6. The van der Waals surface area contributed by atoms with Gasteiger partial charge in [-0.25, -0.2) is 4.39 Å². The van der Waals surface area contributed by atoms with E-state index in [2.05, 4.69) is 34.5 Å². The van der Waals surface area contributed by atoms with Crippen LogP contribution in [0.5, 0.6) is 0 Å². The van der Waals surface area contributed by atoms with Gasteiger partial charge in [-0.2, -0.15) is 0 Å². The van der Waals surface area contributed by atoms with Gasteiger partial charge in [-0.05, 0) is 42.2 Å². The van der Waals surface area contributed by atoms with E-state index in [9.17, 15) is 9.18 Å². The van der Waals surface area contributed by atoms with Gasteiger partial charge in [-0.15, -0.1) is 0 Å². The van der Waals surface area contributed by atoms with Crippen molar-refractivity contribution < 1.29 is 9.18 Å². The van der Waals surface area contributed by atoms with Gasteiger partial charge in [0.2, 0.25) is 0 Å². The molecule has 3 nitrogen and oxygen atoms in total. The van der Waals surface area contributed by atoms with Gasteiger partial charge in [-0.3, -0.25) is 9.69 Å². The Morgan fingerprint density at radius 2 is 2.00 bits per heavy atom. The van der Waals surface area contributed by atoms with Crippen LogP contribution in [-0.2, 0) is 13.0 Å². The molecule has 1 N–H and O–H groups in total. The maximum Gasteiger partial charge on any atom is 0.254 e. The van der Waals surface area contributed by atoms with Gasteiger partial charge < -0.3 is 5.32 Å². The molecule has 1 aliphatic rings. The predicted molar refractivity (Wildman–Crippen MR) is 93.8 cm³/mol. The van der Waals surface area contributed by atoms with E-state index >= 15 is 0 Å². The minimum absolute atomic E-state index is 0.00519. The van der Waals surface area contributed by atoms with Crippen LogP contribution < -0.4 is 5.32 Å². The lowest BCUT2D eigenvalue weighted by molar-refractivity contribution is 0.0947. The number of amides is 1. The fourth-order valence-corrected chi connectivity index (χ4v) is 3.19. The standard InChI is InChI=1S/C19H20ClFN2O/c20-16-6-7-18(21)17(12-16)19(24)22-9-3-10-23-11-8-14-4-1-2-5-15(14)13-23/h1-2,4-7,12H,3,8-11,13H2,(H,22,24). The molecule has 0 aromatic heterocycles. The monoisotopic (exact) mass is 346 g/mol. The van der Waals surface area contributed by atoms with E-state index in [0.717, 1.165) is 32.5 Å². The molecule has 2 aromatic rings. The van der Waals surface area contributed by atoms with Crippen molar-refractivity contribution in [3.63, 3.8) is 0 Å². The molecule has 0 atom stereocenters. The Bertz CT molecular complexity index is 735. The summed E-state index contributed by atoms with van der Waals surface area (Å²) in [4.78, 5) is 14.4. The molecule has 1 amide bonds. The lowest BCUT2D eigenvalue weighted by atomic mass is 10.00. The van der Waals surface area contributed by atoms with Gasteiger partial charge in [0.25, 0.3) is 5.91 Å². The summed E-state index contributed by atoms with van der Waals surface area (Å²) in [5.74, 6) is -0.969. The molecule has 126 valence electrons. The number of halogens is 2. The number of rotatable bonds is 5. The maximum atomic E-state index is 13.6. The maximum absolute atomic E-state index is 13.6. The Balaban J connectivity index is 1.44. The third-order valence-electron chi connectivity index (χ3n) is 4.32. The second-order valence-electron chi connectivity index (χ2n) is 6.03. The fraction of sp³-hybridized carbons (Fsp3) is 0.316. The Morgan fingerprint density at radius 3 is 2.83 bits per heavy atom. The minimum atomic E-state index is -0.551. The molecule has 24 heavy (non-hydrogen) atoms. The van der Waals surface area contributed by atoms with E-state index in [1.165, 1.54) is 29.3 Å². The molecule has 0 bridgehead atoms.